The molecule has 4 heteroatoms. The highest BCUT2D eigenvalue weighted by molar-refractivity contribution is 8.01. The maximum absolute atomic E-state index is 12.1. The summed E-state index contributed by atoms with van der Waals surface area (Å²) in [4.78, 5) is 25.4. The van der Waals surface area contributed by atoms with E-state index in [0.717, 1.165) is 0 Å². The lowest BCUT2D eigenvalue weighted by atomic mass is 10.1. The number of rotatable bonds is 1. The van der Waals surface area contributed by atoms with Crippen LogP contribution in [0.3, 0.4) is 0 Å². The molecule has 2 amide bonds. The third-order valence-corrected chi connectivity index (χ3v) is 3.63. The van der Waals surface area contributed by atoms with Crippen molar-refractivity contribution in [1.82, 2.24) is 4.90 Å². The van der Waals surface area contributed by atoms with E-state index >= 15 is 0 Å². The van der Waals surface area contributed by atoms with Crippen molar-refractivity contribution in [1.29, 1.82) is 0 Å². The first-order chi connectivity index (χ1) is 7.02. The van der Waals surface area contributed by atoms with E-state index in [9.17, 15) is 9.59 Å². The first-order valence-electron chi connectivity index (χ1n) is 5.57. The molecule has 0 aromatic heterocycles. The molecule has 1 aliphatic heterocycles. The molecule has 0 spiro atoms. The van der Waals surface area contributed by atoms with Crippen LogP contribution in [0.1, 0.15) is 55.4 Å². The number of hydrogen-bond acceptors (Lipinski definition) is 3. The molecule has 0 saturated carbocycles. The minimum atomic E-state index is -0.401. The lowest BCUT2D eigenvalue weighted by molar-refractivity contribution is -0.143. The molecule has 3 nitrogen and oxygen atoms in total. The molecule has 1 aliphatic rings. The molecular formula is C13H25NO2S. The van der Waals surface area contributed by atoms with E-state index in [2.05, 4.69) is 20.8 Å². The fourth-order valence-corrected chi connectivity index (χ4v) is 3.11. The van der Waals surface area contributed by atoms with Crippen LogP contribution < -0.4 is 0 Å². The highest BCUT2D eigenvalue weighted by atomic mass is 32.2. The summed E-state index contributed by atoms with van der Waals surface area (Å²) in [6, 6.07) is 0. The van der Waals surface area contributed by atoms with E-state index < -0.39 is 5.54 Å². The topological polar surface area (TPSA) is 37.4 Å². The van der Waals surface area contributed by atoms with E-state index in [-0.39, 0.29) is 29.2 Å². The molecule has 1 atom stereocenters. The van der Waals surface area contributed by atoms with Crippen molar-refractivity contribution in [3.05, 3.63) is 0 Å². The molecule has 1 saturated heterocycles. The van der Waals surface area contributed by atoms with Crippen molar-refractivity contribution < 1.29 is 9.59 Å². The van der Waals surface area contributed by atoms with Crippen LogP contribution in [0.2, 0.25) is 0 Å². The zero-order chi connectivity index (χ0) is 12.7. The molecule has 0 aromatic carbocycles. The Morgan fingerprint density at radius 3 is 1.88 bits per heavy atom. The van der Waals surface area contributed by atoms with Gasteiger partial charge >= 0.3 is 0 Å². The van der Waals surface area contributed by atoms with Gasteiger partial charge in [0.2, 0.25) is 11.8 Å². The fraction of sp³-hybridized carbons (Fsp3) is 0.846. The molecule has 1 fully saturated rings. The van der Waals surface area contributed by atoms with Gasteiger partial charge < -0.3 is 0 Å². The summed E-state index contributed by atoms with van der Waals surface area (Å²) in [6.07, 6.45) is 0.345. The number of amides is 2. The quantitative estimate of drug-likeness (QED) is 0.679. The predicted octanol–water partition coefficient (Wildman–Crippen LogP) is 3.08. The molecule has 0 radical (unpaired) electrons. The van der Waals surface area contributed by atoms with Gasteiger partial charge in [0.1, 0.15) is 0 Å². The number of thioether (sulfide) groups is 1. The SMILES string of the molecule is C.CC(C)(C)SC1CC(=O)N(C(C)(C)C)C1=O. The molecule has 17 heavy (non-hydrogen) atoms. The standard InChI is InChI=1S/C12H21NO2S.CH4/c1-11(2,3)13-9(14)7-8(10(13)15)16-12(4,5)6;/h8H,7H2,1-6H3;1H4. The Hall–Kier alpha value is -0.510. The third-order valence-electron chi connectivity index (χ3n) is 2.27. The first kappa shape index (κ1) is 16.5. The van der Waals surface area contributed by atoms with Gasteiger partial charge in [-0.05, 0) is 20.8 Å². The van der Waals surface area contributed by atoms with Crippen molar-refractivity contribution in [3.63, 3.8) is 0 Å². The van der Waals surface area contributed by atoms with Gasteiger partial charge in [-0.1, -0.05) is 28.2 Å². The number of hydrogen-bond donors (Lipinski definition) is 0. The van der Waals surface area contributed by atoms with Crippen LogP contribution >= 0.6 is 11.8 Å². The third kappa shape index (κ3) is 4.02. The van der Waals surface area contributed by atoms with Gasteiger partial charge in [-0.2, -0.15) is 0 Å². The van der Waals surface area contributed by atoms with Gasteiger partial charge in [0.15, 0.2) is 0 Å². The second-order valence-electron chi connectivity index (χ2n) is 6.16. The highest BCUT2D eigenvalue weighted by Crippen LogP contribution is 2.36. The average molecular weight is 259 g/mol. The molecule has 1 rings (SSSR count). The fourth-order valence-electron chi connectivity index (χ4n) is 1.83. The number of likely N-dealkylation sites (tertiary alicyclic amines) is 1. The zero-order valence-corrected chi connectivity index (χ0v) is 11.8. The van der Waals surface area contributed by atoms with Crippen molar-refractivity contribution in [2.75, 3.05) is 0 Å². The first-order valence-corrected chi connectivity index (χ1v) is 6.45. The number of carbonyl (C=O) groups excluding carboxylic acids is 2. The second-order valence-corrected chi connectivity index (χ2v) is 8.19. The van der Waals surface area contributed by atoms with Crippen molar-refractivity contribution in [2.24, 2.45) is 0 Å². The molecule has 100 valence electrons. The maximum atomic E-state index is 12.1. The maximum Gasteiger partial charge on any atom is 0.243 e. The van der Waals surface area contributed by atoms with Crippen LogP contribution in [0.25, 0.3) is 0 Å². The molecule has 0 bridgehead atoms. The van der Waals surface area contributed by atoms with Crippen molar-refractivity contribution in [2.45, 2.75) is 70.9 Å². The summed E-state index contributed by atoms with van der Waals surface area (Å²) in [7, 11) is 0. The smallest absolute Gasteiger partial charge is 0.243 e. The monoisotopic (exact) mass is 259 g/mol. The lowest BCUT2D eigenvalue weighted by Gasteiger charge is -2.30. The average Bonchev–Trinajstić information content (AvgIpc) is 2.21. The molecule has 1 heterocycles. The summed E-state index contributed by atoms with van der Waals surface area (Å²) in [6.45, 7) is 11.9. The Balaban J connectivity index is 0.00000256. The van der Waals surface area contributed by atoms with Crippen LogP contribution in [0, 0.1) is 0 Å². The minimum Gasteiger partial charge on any atom is -0.276 e. The van der Waals surface area contributed by atoms with Gasteiger partial charge in [-0.3, -0.25) is 14.5 Å². The highest BCUT2D eigenvalue weighted by Gasteiger charge is 2.45. The summed E-state index contributed by atoms with van der Waals surface area (Å²) in [5, 5.41) is -0.202. The van der Waals surface area contributed by atoms with Crippen LogP contribution in [-0.2, 0) is 9.59 Å². The Bertz CT molecular complexity index is 312. The second kappa shape index (κ2) is 5.01. The van der Waals surface area contributed by atoms with Gasteiger partial charge in [-0.15, -0.1) is 11.8 Å². The van der Waals surface area contributed by atoms with Crippen LogP contribution in [0.4, 0.5) is 0 Å². The summed E-state index contributed by atoms with van der Waals surface area (Å²) >= 11 is 1.58. The number of nitrogens with zero attached hydrogens (tertiary/aromatic N) is 1. The van der Waals surface area contributed by atoms with E-state index in [1.165, 1.54) is 4.90 Å². The van der Waals surface area contributed by atoms with Crippen LogP contribution in [0.5, 0.6) is 0 Å². The molecule has 0 N–H and O–H groups in total. The molecular weight excluding hydrogens is 234 g/mol. The van der Waals surface area contributed by atoms with Gasteiger partial charge in [0.05, 0.1) is 5.25 Å². The van der Waals surface area contributed by atoms with Gasteiger partial charge in [-0.25, -0.2) is 0 Å². The minimum absolute atomic E-state index is 0. The Labute approximate surface area is 109 Å². The van der Waals surface area contributed by atoms with E-state index in [4.69, 9.17) is 0 Å². The largest absolute Gasteiger partial charge is 0.276 e. The number of carbonyl (C=O) groups is 2. The molecule has 0 aliphatic carbocycles. The number of imide groups is 1. The van der Waals surface area contributed by atoms with E-state index in [1.54, 1.807) is 11.8 Å². The Kier molecular flexibility index (Phi) is 4.86. The van der Waals surface area contributed by atoms with E-state index in [0.29, 0.717) is 6.42 Å². The Morgan fingerprint density at radius 1 is 1.12 bits per heavy atom. The molecule has 0 aromatic rings. The van der Waals surface area contributed by atoms with Crippen LogP contribution in [0.15, 0.2) is 0 Å². The lowest BCUT2D eigenvalue weighted by Crippen LogP contribution is -2.46. The van der Waals surface area contributed by atoms with Crippen molar-refractivity contribution in [3.8, 4) is 0 Å². The van der Waals surface area contributed by atoms with Gasteiger partial charge in [0, 0.05) is 16.7 Å². The normalized spacial score (nSPS) is 21.8. The van der Waals surface area contributed by atoms with E-state index in [1.807, 2.05) is 20.8 Å². The Morgan fingerprint density at radius 2 is 1.59 bits per heavy atom. The predicted molar refractivity (Wildman–Crippen MR) is 74.1 cm³/mol. The van der Waals surface area contributed by atoms with Gasteiger partial charge in [0.25, 0.3) is 0 Å². The van der Waals surface area contributed by atoms with Crippen molar-refractivity contribution >= 4 is 23.6 Å². The summed E-state index contributed by atoms with van der Waals surface area (Å²) < 4.78 is 0.00843. The van der Waals surface area contributed by atoms with Crippen LogP contribution in [-0.4, -0.2) is 32.3 Å². The summed E-state index contributed by atoms with van der Waals surface area (Å²) in [5.41, 5.74) is -0.401. The summed E-state index contributed by atoms with van der Waals surface area (Å²) in [5.74, 6) is -0.0725. The zero-order valence-electron chi connectivity index (χ0n) is 11.0. The molecule has 1 unspecified atom stereocenters.